The molecule has 2 amide bonds. The fourth-order valence-corrected chi connectivity index (χ4v) is 1.98. The number of hydrogen-bond acceptors (Lipinski definition) is 2. The molecule has 0 atom stereocenters. The lowest BCUT2D eigenvalue weighted by Gasteiger charge is -2.21. The van der Waals surface area contributed by atoms with Crippen LogP contribution in [0, 0.1) is 11.7 Å². The molecule has 2 rings (SSSR count). The summed E-state index contributed by atoms with van der Waals surface area (Å²) in [6.07, 6.45) is 1.91. The summed E-state index contributed by atoms with van der Waals surface area (Å²) in [7, 11) is 0. The lowest BCUT2D eigenvalue weighted by atomic mass is 10.2. The van der Waals surface area contributed by atoms with Crippen molar-refractivity contribution in [3.05, 3.63) is 35.6 Å². The zero-order valence-corrected chi connectivity index (χ0v) is 11.6. The van der Waals surface area contributed by atoms with Crippen molar-refractivity contribution in [3.8, 4) is 0 Å². The minimum absolute atomic E-state index is 0.0550. The van der Waals surface area contributed by atoms with E-state index in [0.29, 0.717) is 18.7 Å². The molecule has 1 aliphatic carbocycles. The third kappa shape index (κ3) is 4.05. The highest BCUT2D eigenvalue weighted by Crippen LogP contribution is 2.28. The highest BCUT2D eigenvalue weighted by molar-refractivity contribution is 5.80. The summed E-state index contributed by atoms with van der Waals surface area (Å²) in [6, 6.07) is 6.40. The average Bonchev–Trinajstić information content (AvgIpc) is 3.23. The Bertz CT molecular complexity index is 500. The van der Waals surface area contributed by atoms with Gasteiger partial charge in [-0.15, -0.1) is 0 Å². The number of carbonyl (C=O) groups excluding carboxylic acids is 2. The highest BCUT2D eigenvalue weighted by atomic mass is 19.1. The fraction of sp³-hybridized carbons (Fsp3) is 0.467. The molecular formula is C15H19FN2O2. The maximum absolute atomic E-state index is 13.6. The Balaban J connectivity index is 1.85. The second-order valence-electron chi connectivity index (χ2n) is 5.10. The molecule has 1 saturated carbocycles. The number of halogens is 1. The van der Waals surface area contributed by atoms with E-state index in [2.05, 4.69) is 5.32 Å². The van der Waals surface area contributed by atoms with Crippen molar-refractivity contribution in [2.75, 3.05) is 13.1 Å². The molecule has 1 N–H and O–H groups in total. The van der Waals surface area contributed by atoms with E-state index >= 15 is 0 Å². The summed E-state index contributed by atoms with van der Waals surface area (Å²) in [5.74, 6) is -0.235. The number of benzene rings is 1. The van der Waals surface area contributed by atoms with Gasteiger partial charge in [0.05, 0.1) is 0 Å². The maximum Gasteiger partial charge on any atom is 0.223 e. The van der Waals surface area contributed by atoms with Gasteiger partial charge in [0.15, 0.2) is 0 Å². The largest absolute Gasteiger partial charge is 0.354 e. The number of rotatable bonds is 6. The first-order valence-electron chi connectivity index (χ1n) is 6.84. The van der Waals surface area contributed by atoms with Gasteiger partial charge in [-0.3, -0.25) is 9.59 Å². The zero-order chi connectivity index (χ0) is 14.5. The van der Waals surface area contributed by atoms with Gasteiger partial charge in [0.1, 0.15) is 5.82 Å². The molecule has 20 heavy (non-hydrogen) atoms. The second kappa shape index (κ2) is 6.50. The Kier molecular flexibility index (Phi) is 4.71. The molecule has 0 aliphatic heterocycles. The van der Waals surface area contributed by atoms with Crippen molar-refractivity contribution < 1.29 is 14.0 Å². The summed E-state index contributed by atoms with van der Waals surface area (Å²) in [6.45, 7) is 2.47. The Morgan fingerprint density at radius 2 is 2.05 bits per heavy atom. The van der Waals surface area contributed by atoms with Crippen LogP contribution in [0.3, 0.4) is 0 Å². The predicted molar refractivity (Wildman–Crippen MR) is 73.2 cm³/mol. The number of hydrogen-bond donors (Lipinski definition) is 1. The first-order chi connectivity index (χ1) is 9.58. The van der Waals surface area contributed by atoms with E-state index in [4.69, 9.17) is 0 Å². The standard InChI is InChI=1S/C15H19FN2O2/c1-11(19)18(9-8-17-15(20)12-6-7-12)10-13-4-2-3-5-14(13)16/h2-5,12H,6-10H2,1H3,(H,17,20). The van der Waals surface area contributed by atoms with Crippen LogP contribution in [0.15, 0.2) is 24.3 Å². The Hall–Kier alpha value is -1.91. The number of nitrogens with one attached hydrogen (secondary N) is 1. The Morgan fingerprint density at radius 1 is 1.35 bits per heavy atom. The first kappa shape index (κ1) is 14.5. The lowest BCUT2D eigenvalue weighted by molar-refractivity contribution is -0.130. The molecule has 4 nitrogen and oxygen atoms in total. The molecule has 0 radical (unpaired) electrons. The van der Waals surface area contributed by atoms with Crippen molar-refractivity contribution in [2.45, 2.75) is 26.3 Å². The number of amides is 2. The average molecular weight is 278 g/mol. The molecule has 1 aromatic carbocycles. The van der Waals surface area contributed by atoms with Gasteiger partial charge in [0.25, 0.3) is 0 Å². The molecule has 0 unspecified atom stereocenters. The summed E-state index contributed by atoms with van der Waals surface area (Å²) < 4.78 is 13.6. The van der Waals surface area contributed by atoms with Gasteiger partial charge in [-0.05, 0) is 18.9 Å². The van der Waals surface area contributed by atoms with Gasteiger partial charge < -0.3 is 10.2 Å². The van der Waals surface area contributed by atoms with Crippen LogP contribution in [0.4, 0.5) is 4.39 Å². The molecule has 0 bridgehead atoms. The van der Waals surface area contributed by atoms with Gasteiger partial charge in [0, 0.05) is 38.0 Å². The van der Waals surface area contributed by atoms with E-state index in [1.807, 2.05) is 0 Å². The van der Waals surface area contributed by atoms with Crippen molar-refractivity contribution >= 4 is 11.8 Å². The van der Waals surface area contributed by atoms with E-state index in [1.165, 1.54) is 17.9 Å². The minimum Gasteiger partial charge on any atom is -0.354 e. The molecule has 5 heteroatoms. The normalized spacial score (nSPS) is 13.9. The van der Waals surface area contributed by atoms with Gasteiger partial charge in [-0.2, -0.15) is 0 Å². The quantitative estimate of drug-likeness (QED) is 0.861. The SMILES string of the molecule is CC(=O)N(CCNC(=O)C1CC1)Cc1ccccc1F. The summed E-state index contributed by atoms with van der Waals surface area (Å²) >= 11 is 0. The number of carbonyl (C=O) groups is 2. The zero-order valence-electron chi connectivity index (χ0n) is 11.6. The van der Waals surface area contributed by atoms with Gasteiger partial charge >= 0.3 is 0 Å². The molecule has 1 fully saturated rings. The van der Waals surface area contributed by atoms with Crippen LogP contribution in [-0.4, -0.2) is 29.8 Å². The Morgan fingerprint density at radius 3 is 2.65 bits per heavy atom. The van der Waals surface area contributed by atoms with Crippen molar-refractivity contribution in [1.29, 1.82) is 0 Å². The molecule has 108 valence electrons. The summed E-state index contributed by atoms with van der Waals surface area (Å²) in [5, 5.41) is 2.80. The minimum atomic E-state index is -0.319. The molecule has 1 aliphatic rings. The predicted octanol–water partition coefficient (Wildman–Crippen LogP) is 1.70. The van der Waals surface area contributed by atoms with E-state index in [-0.39, 0.29) is 30.1 Å². The van der Waals surface area contributed by atoms with Crippen LogP contribution in [-0.2, 0) is 16.1 Å². The monoisotopic (exact) mass is 278 g/mol. The van der Waals surface area contributed by atoms with Crippen LogP contribution in [0.25, 0.3) is 0 Å². The highest BCUT2D eigenvalue weighted by Gasteiger charge is 2.29. The number of nitrogens with zero attached hydrogens (tertiary/aromatic N) is 1. The van der Waals surface area contributed by atoms with Gasteiger partial charge in [-0.1, -0.05) is 18.2 Å². The van der Waals surface area contributed by atoms with Crippen molar-refractivity contribution in [2.24, 2.45) is 5.92 Å². The van der Waals surface area contributed by atoms with E-state index in [9.17, 15) is 14.0 Å². The third-order valence-corrected chi connectivity index (χ3v) is 3.39. The topological polar surface area (TPSA) is 49.4 Å². The summed E-state index contributed by atoms with van der Waals surface area (Å²) in [5.41, 5.74) is 0.483. The molecule has 1 aromatic rings. The Labute approximate surface area is 118 Å². The molecule has 0 spiro atoms. The lowest BCUT2D eigenvalue weighted by Crippen LogP contribution is -2.37. The smallest absolute Gasteiger partial charge is 0.223 e. The van der Waals surface area contributed by atoms with Gasteiger partial charge in [-0.25, -0.2) is 4.39 Å². The van der Waals surface area contributed by atoms with Crippen LogP contribution < -0.4 is 5.32 Å². The van der Waals surface area contributed by atoms with E-state index < -0.39 is 0 Å². The molecule has 0 aromatic heterocycles. The summed E-state index contributed by atoms with van der Waals surface area (Å²) in [4.78, 5) is 24.6. The third-order valence-electron chi connectivity index (χ3n) is 3.39. The van der Waals surface area contributed by atoms with Crippen molar-refractivity contribution in [3.63, 3.8) is 0 Å². The first-order valence-corrected chi connectivity index (χ1v) is 6.84. The molecule has 0 heterocycles. The van der Waals surface area contributed by atoms with Crippen LogP contribution >= 0.6 is 0 Å². The van der Waals surface area contributed by atoms with Crippen LogP contribution in [0.2, 0.25) is 0 Å². The second-order valence-corrected chi connectivity index (χ2v) is 5.10. The van der Waals surface area contributed by atoms with E-state index in [1.54, 1.807) is 18.2 Å². The van der Waals surface area contributed by atoms with E-state index in [0.717, 1.165) is 12.8 Å². The molecule has 0 saturated heterocycles. The maximum atomic E-state index is 13.6. The van der Waals surface area contributed by atoms with Crippen LogP contribution in [0.1, 0.15) is 25.3 Å². The van der Waals surface area contributed by atoms with Crippen molar-refractivity contribution in [1.82, 2.24) is 10.2 Å². The van der Waals surface area contributed by atoms with Crippen LogP contribution in [0.5, 0.6) is 0 Å². The molecular weight excluding hydrogens is 259 g/mol. The van der Waals surface area contributed by atoms with Gasteiger partial charge in [0.2, 0.25) is 11.8 Å². The fourth-order valence-electron chi connectivity index (χ4n) is 1.98.